The second-order valence-electron chi connectivity index (χ2n) is 8.15. The molecule has 3 aromatic rings. The largest absolute Gasteiger partial charge is 0.508 e. The molecule has 0 atom stereocenters. The molecule has 5 N–H and O–H groups in total. The first kappa shape index (κ1) is 31.2. The standard InChI is InChI=1S/C25H33N5O4.2ClH/c31-20-11-9-19(10-12-20)23(32)28-17-5-15-26-13-3-4-14-27-16-6-18-30-24(33)21-7-1-2-8-22(21)29-25(30)34;;/h1-2,7-12,26-27,31H,3-6,13-18H2,(H,28,32)(H,29,34);2*1H. The minimum absolute atomic E-state index is 0. The van der Waals surface area contributed by atoms with Crippen molar-refractivity contribution in [2.45, 2.75) is 32.2 Å². The van der Waals surface area contributed by atoms with E-state index < -0.39 is 0 Å². The van der Waals surface area contributed by atoms with Gasteiger partial charge in [0.05, 0.1) is 10.9 Å². The van der Waals surface area contributed by atoms with Crippen LogP contribution in [0.4, 0.5) is 0 Å². The van der Waals surface area contributed by atoms with Gasteiger partial charge in [-0.25, -0.2) is 4.79 Å². The summed E-state index contributed by atoms with van der Waals surface area (Å²) in [4.78, 5) is 39.3. The van der Waals surface area contributed by atoms with Crippen LogP contribution in [0.3, 0.4) is 0 Å². The van der Waals surface area contributed by atoms with Crippen molar-refractivity contribution in [3.63, 3.8) is 0 Å². The van der Waals surface area contributed by atoms with Crippen molar-refractivity contribution < 1.29 is 9.90 Å². The molecule has 0 aliphatic carbocycles. The molecule has 0 fully saturated rings. The smallest absolute Gasteiger partial charge is 0.328 e. The Morgan fingerprint density at radius 3 is 2.11 bits per heavy atom. The first-order valence-corrected chi connectivity index (χ1v) is 11.8. The fourth-order valence-electron chi connectivity index (χ4n) is 3.64. The SMILES string of the molecule is Cl.Cl.O=C(NCCCNCCCCNCCCn1c(=O)[nH]c2ccccc2c1=O)c1ccc(O)cc1. The van der Waals surface area contributed by atoms with E-state index in [4.69, 9.17) is 0 Å². The molecule has 0 spiro atoms. The number of hydrogen-bond donors (Lipinski definition) is 5. The third-order valence-corrected chi connectivity index (χ3v) is 5.53. The number of carbonyl (C=O) groups is 1. The molecule has 0 aliphatic rings. The zero-order valence-corrected chi connectivity index (χ0v) is 21.8. The van der Waals surface area contributed by atoms with E-state index in [2.05, 4.69) is 20.9 Å². The molecule has 0 radical (unpaired) electrons. The van der Waals surface area contributed by atoms with Crippen molar-refractivity contribution in [2.75, 3.05) is 32.7 Å². The Balaban J connectivity index is 0.00000324. The van der Waals surface area contributed by atoms with Crippen LogP contribution in [0, 0.1) is 0 Å². The number of phenols is 1. The number of hydrogen-bond acceptors (Lipinski definition) is 6. The van der Waals surface area contributed by atoms with Gasteiger partial charge in [-0.2, -0.15) is 0 Å². The lowest BCUT2D eigenvalue weighted by Gasteiger charge is -2.08. The Bertz CT molecular complexity index is 1180. The number of aromatic nitrogens is 2. The Hall–Kier alpha value is -2.85. The van der Waals surface area contributed by atoms with E-state index in [0.717, 1.165) is 45.4 Å². The van der Waals surface area contributed by atoms with Crippen LogP contribution < -0.4 is 27.2 Å². The molecule has 0 aliphatic heterocycles. The summed E-state index contributed by atoms with van der Waals surface area (Å²) in [5.41, 5.74) is 0.494. The minimum atomic E-state index is -0.366. The monoisotopic (exact) mass is 539 g/mol. The van der Waals surface area contributed by atoms with Gasteiger partial charge < -0.3 is 26.0 Å². The zero-order chi connectivity index (χ0) is 24.2. The molecule has 0 saturated carbocycles. The maximum Gasteiger partial charge on any atom is 0.328 e. The van der Waals surface area contributed by atoms with Crippen LogP contribution in [-0.2, 0) is 6.54 Å². The summed E-state index contributed by atoms with van der Waals surface area (Å²) in [5, 5.41) is 19.4. The van der Waals surface area contributed by atoms with Gasteiger partial charge in [-0.15, -0.1) is 24.8 Å². The normalized spacial score (nSPS) is 10.4. The molecule has 36 heavy (non-hydrogen) atoms. The van der Waals surface area contributed by atoms with Crippen LogP contribution in [-0.4, -0.2) is 53.3 Å². The van der Waals surface area contributed by atoms with Gasteiger partial charge in [0.1, 0.15) is 5.75 Å². The van der Waals surface area contributed by atoms with E-state index in [-0.39, 0.29) is 47.7 Å². The Labute approximate surface area is 222 Å². The summed E-state index contributed by atoms with van der Waals surface area (Å²) in [5.74, 6) is 0.00610. The Morgan fingerprint density at radius 2 is 1.42 bits per heavy atom. The highest BCUT2D eigenvalue weighted by atomic mass is 35.5. The predicted octanol–water partition coefficient (Wildman–Crippen LogP) is 2.41. The van der Waals surface area contributed by atoms with Gasteiger partial charge in [-0.05, 0) is 88.3 Å². The molecule has 0 saturated heterocycles. The van der Waals surface area contributed by atoms with Gasteiger partial charge in [0.25, 0.3) is 11.5 Å². The average molecular weight is 540 g/mol. The number of rotatable bonds is 14. The lowest BCUT2D eigenvalue weighted by molar-refractivity contribution is 0.0953. The molecule has 1 amide bonds. The number of benzene rings is 2. The zero-order valence-electron chi connectivity index (χ0n) is 20.1. The highest BCUT2D eigenvalue weighted by Gasteiger charge is 2.06. The highest BCUT2D eigenvalue weighted by molar-refractivity contribution is 5.94. The molecule has 1 heterocycles. The summed E-state index contributed by atoms with van der Waals surface area (Å²) >= 11 is 0. The number of H-pyrrole nitrogens is 1. The van der Waals surface area contributed by atoms with E-state index in [1.54, 1.807) is 36.4 Å². The van der Waals surface area contributed by atoms with Crippen LogP contribution in [0.25, 0.3) is 10.9 Å². The number of aromatic hydroxyl groups is 1. The molecule has 198 valence electrons. The predicted molar refractivity (Wildman–Crippen MR) is 148 cm³/mol. The number of nitrogens with zero attached hydrogens (tertiary/aromatic N) is 1. The third kappa shape index (κ3) is 9.66. The van der Waals surface area contributed by atoms with E-state index >= 15 is 0 Å². The van der Waals surface area contributed by atoms with Crippen molar-refractivity contribution >= 4 is 41.6 Å². The Morgan fingerprint density at radius 1 is 0.806 bits per heavy atom. The maximum atomic E-state index is 12.5. The lowest BCUT2D eigenvalue weighted by atomic mass is 10.2. The fraction of sp³-hybridized carbons (Fsp3) is 0.400. The van der Waals surface area contributed by atoms with Crippen LogP contribution in [0.5, 0.6) is 5.75 Å². The fourth-order valence-corrected chi connectivity index (χ4v) is 3.64. The van der Waals surface area contributed by atoms with Gasteiger partial charge in [0.2, 0.25) is 0 Å². The summed E-state index contributed by atoms with van der Waals surface area (Å²) in [7, 11) is 0. The van der Waals surface area contributed by atoms with Crippen LogP contribution in [0.1, 0.15) is 36.0 Å². The van der Waals surface area contributed by atoms with E-state index in [9.17, 15) is 19.5 Å². The highest BCUT2D eigenvalue weighted by Crippen LogP contribution is 2.09. The molecule has 9 nitrogen and oxygen atoms in total. The van der Waals surface area contributed by atoms with Crippen LogP contribution in [0.2, 0.25) is 0 Å². The van der Waals surface area contributed by atoms with Gasteiger partial charge >= 0.3 is 5.69 Å². The number of aromatic amines is 1. The van der Waals surface area contributed by atoms with Crippen molar-refractivity contribution in [1.82, 2.24) is 25.5 Å². The molecule has 0 bridgehead atoms. The number of halogens is 2. The van der Waals surface area contributed by atoms with Crippen LogP contribution >= 0.6 is 24.8 Å². The van der Waals surface area contributed by atoms with Crippen molar-refractivity contribution in [1.29, 1.82) is 0 Å². The quantitative estimate of drug-likeness (QED) is 0.200. The number of fused-ring (bicyclic) bond motifs is 1. The topological polar surface area (TPSA) is 128 Å². The van der Waals surface area contributed by atoms with Crippen molar-refractivity contribution in [2.24, 2.45) is 0 Å². The van der Waals surface area contributed by atoms with Gasteiger partial charge in [-0.3, -0.25) is 14.2 Å². The molecule has 11 heteroatoms. The number of nitrogens with one attached hydrogen (secondary N) is 4. The number of para-hydroxylation sites is 1. The van der Waals surface area contributed by atoms with Crippen molar-refractivity contribution in [3.05, 3.63) is 74.9 Å². The van der Waals surface area contributed by atoms with E-state index in [1.165, 1.54) is 16.7 Å². The molecule has 0 unspecified atom stereocenters. The summed E-state index contributed by atoms with van der Waals surface area (Å²) in [6, 6.07) is 13.2. The number of carbonyl (C=O) groups excluding carboxylic acids is 1. The first-order valence-electron chi connectivity index (χ1n) is 11.8. The van der Waals surface area contributed by atoms with Gasteiger partial charge in [0, 0.05) is 18.7 Å². The van der Waals surface area contributed by atoms with Crippen LogP contribution in [0.15, 0.2) is 58.1 Å². The molecule has 3 rings (SSSR count). The van der Waals surface area contributed by atoms with Gasteiger partial charge in [0.15, 0.2) is 0 Å². The van der Waals surface area contributed by atoms with Gasteiger partial charge in [-0.1, -0.05) is 12.1 Å². The number of amides is 1. The van der Waals surface area contributed by atoms with E-state index in [0.29, 0.717) is 36.0 Å². The average Bonchev–Trinajstić information content (AvgIpc) is 2.84. The molecule has 1 aromatic heterocycles. The third-order valence-electron chi connectivity index (χ3n) is 5.53. The number of phenolic OH excluding ortho intramolecular Hbond substituents is 1. The van der Waals surface area contributed by atoms with Crippen molar-refractivity contribution in [3.8, 4) is 5.75 Å². The second kappa shape index (κ2) is 16.8. The Kier molecular flexibility index (Phi) is 14.5. The molecular weight excluding hydrogens is 505 g/mol. The minimum Gasteiger partial charge on any atom is -0.508 e. The summed E-state index contributed by atoms with van der Waals surface area (Å²) in [6.07, 6.45) is 3.61. The molecule has 2 aromatic carbocycles. The maximum absolute atomic E-state index is 12.5. The molecular formula is C25H35Cl2N5O4. The summed E-state index contributed by atoms with van der Waals surface area (Å²) < 4.78 is 1.26. The van der Waals surface area contributed by atoms with E-state index in [1.807, 2.05) is 0 Å². The number of unbranched alkanes of at least 4 members (excludes halogenated alkanes) is 1. The lowest BCUT2D eigenvalue weighted by Crippen LogP contribution is -2.35. The first-order chi connectivity index (χ1) is 16.6. The summed E-state index contributed by atoms with van der Waals surface area (Å²) in [6.45, 7) is 4.35. The second-order valence-corrected chi connectivity index (χ2v) is 8.15.